The topological polar surface area (TPSA) is 123 Å². The minimum absolute atomic E-state index is 0.0523. The number of hydrogen-bond acceptors (Lipinski definition) is 7. The number of aliphatic carboxylic acids is 1. The van der Waals surface area contributed by atoms with Crippen molar-refractivity contribution in [3.63, 3.8) is 0 Å². The number of aromatic nitrogens is 2. The van der Waals surface area contributed by atoms with Crippen molar-refractivity contribution in [2.75, 3.05) is 6.54 Å². The van der Waals surface area contributed by atoms with E-state index in [1.807, 2.05) is 44.2 Å². The van der Waals surface area contributed by atoms with E-state index in [9.17, 15) is 14.7 Å². The summed E-state index contributed by atoms with van der Waals surface area (Å²) in [5.41, 5.74) is 0.257. The lowest BCUT2D eigenvalue weighted by atomic mass is 9.32. The number of amides is 1. The summed E-state index contributed by atoms with van der Waals surface area (Å²) in [5, 5.41) is 13.8. The molecule has 7 fully saturated rings. The van der Waals surface area contributed by atoms with Gasteiger partial charge in [-0.1, -0.05) is 84.0 Å². The second kappa shape index (κ2) is 13.9. The maximum Gasteiger partial charge on any atom is 0.306 e. The van der Waals surface area contributed by atoms with Crippen LogP contribution in [-0.2, 0) is 19.1 Å². The van der Waals surface area contributed by atoms with Gasteiger partial charge in [0.1, 0.15) is 12.1 Å². The first-order valence-electron chi connectivity index (χ1n) is 23.0. The van der Waals surface area contributed by atoms with Crippen molar-refractivity contribution >= 4 is 17.8 Å². The van der Waals surface area contributed by atoms with Gasteiger partial charge in [0.05, 0.1) is 18.3 Å². The third-order valence-electron chi connectivity index (χ3n) is 18.9. The van der Waals surface area contributed by atoms with Crippen molar-refractivity contribution in [3.05, 3.63) is 36.2 Å². The van der Waals surface area contributed by atoms with E-state index < -0.39 is 11.4 Å². The summed E-state index contributed by atoms with van der Waals surface area (Å²) in [7, 11) is 0. The van der Waals surface area contributed by atoms with Gasteiger partial charge >= 0.3 is 11.9 Å². The van der Waals surface area contributed by atoms with Gasteiger partial charge < -0.3 is 19.3 Å². The largest absolute Gasteiger partial charge is 0.481 e. The molecule has 6 aliphatic carbocycles. The lowest BCUT2D eigenvalue weighted by Gasteiger charge is -2.73. The maximum atomic E-state index is 15.5. The zero-order valence-electron chi connectivity index (χ0n) is 36.4. The van der Waals surface area contributed by atoms with E-state index in [4.69, 9.17) is 14.2 Å². The van der Waals surface area contributed by atoms with Crippen LogP contribution in [0, 0.1) is 68.0 Å². The van der Waals surface area contributed by atoms with Gasteiger partial charge in [0.25, 0.3) is 0 Å². The summed E-state index contributed by atoms with van der Waals surface area (Å²) in [6, 6.07) is 9.83. The SMILES string of the molecule is CC(C)(CC(=O)O)CC(=O)O[C@H]1CC[C@]2(C)[C@H]3CC[C@@H]4[C@H]5[C@H](C6CC6)CC[C@]5(C(=O)N5CCC[C@@H]5c5nc(-c6ccccc6)no5)CC[C@@]4(C)[C@]3(C)CC[C@H]2C1(C)C. The van der Waals surface area contributed by atoms with Crippen LogP contribution in [0.3, 0.4) is 0 Å². The second-order valence-electron chi connectivity index (χ2n) is 22.6. The molecule has 2 heterocycles. The molecule has 0 spiro atoms. The quantitative estimate of drug-likeness (QED) is 0.249. The summed E-state index contributed by atoms with van der Waals surface area (Å²) in [4.78, 5) is 47.4. The van der Waals surface area contributed by atoms with Crippen LogP contribution in [0.15, 0.2) is 34.9 Å². The van der Waals surface area contributed by atoms with E-state index in [-0.39, 0.29) is 58.0 Å². The van der Waals surface area contributed by atoms with Crippen molar-refractivity contribution < 1.29 is 28.8 Å². The minimum Gasteiger partial charge on any atom is -0.481 e. The fourth-order valence-corrected chi connectivity index (χ4v) is 15.9. The van der Waals surface area contributed by atoms with E-state index in [0.29, 0.717) is 47.2 Å². The lowest BCUT2D eigenvalue weighted by Crippen LogP contribution is -2.67. The average Bonchev–Trinajstić information content (AvgIpc) is 3.51. The van der Waals surface area contributed by atoms with E-state index in [0.717, 1.165) is 69.4 Å². The number of rotatable bonds is 9. The van der Waals surface area contributed by atoms with Gasteiger partial charge in [-0.25, -0.2) is 0 Å². The molecular formula is C49H69N3O6. The molecule has 1 aliphatic heterocycles. The normalized spacial score (nSPS) is 40.5. The Hall–Kier alpha value is -3.23. The molecule has 316 valence electrons. The number of carboxylic acids is 1. The Kier molecular flexibility index (Phi) is 9.64. The monoisotopic (exact) mass is 796 g/mol. The standard InChI is InChI=1S/C49H69N3O6/c1-44(2,28-38(53)54)29-39(55)57-37-21-22-46(5)35(45(37,3)4)20-23-48(7)36(46)18-17-33-40-32(30-15-16-30)19-24-49(40,26-25-47(33,48)6)43(56)52-27-11-14-34(52)42-50-41(51-58-42)31-12-9-8-10-13-31/h8-10,12-13,30,32-37,40H,11,14-29H2,1-7H3,(H,53,54)/t32-,33+,34+,35-,36+,37-,40+,46-,47+,48+,49-/m0/s1. The zero-order chi connectivity index (χ0) is 41.0. The van der Waals surface area contributed by atoms with Gasteiger partial charge in [-0.05, 0) is 147 Å². The van der Waals surface area contributed by atoms with Crippen LogP contribution in [0.5, 0.6) is 0 Å². The molecule has 9 heteroatoms. The highest BCUT2D eigenvalue weighted by molar-refractivity contribution is 5.84. The molecule has 11 atom stereocenters. The second-order valence-corrected chi connectivity index (χ2v) is 22.6. The molecule has 9 nitrogen and oxygen atoms in total. The number of likely N-dealkylation sites (tertiary alicyclic amines) is 1. The Labute approximate surface area is 346 Å². The first-order valence-corrected chi connectivity index (χ1v) is 23.0. The van der Waals surface area contributed by atoms with Crippen LogP contribution in [0.2, 0.25) is 0 Å². The molecule has 0 unspecified atom stereocenters. The fourth-order valence-electron chi connectivity index (χ4n) is 15.9. The number of benzene rings is 1. The first-order chi connectivity index (χ1) is 27.4. The van der Waals surface area contributed by atoms with Gasteiger partial charge in [0.15, 0.2) is 0 Å². The number of carboxylic acid groups (broad SMARTS) is 1. The highest BCUT2D eigenvalue weighted by Crippen LogP contribution is 2.78. The van der Waals surface area contributed by atoms with E-state index in [1.165, 1.54) is 38.5 Å². The molecule has 7 aliphatic rings. The number of carbonyl (C=O) groups excluding carboxylic acids is 2. The van der Waals surface area contributed by atoms with Crippen LogP contribution in [0.1, 0.15) is 163 Å². The number of esters is 1. The minimum atomic E-state index is -0.884. The highest BCUT2D eigenvalue weighted by Gasteiger charge is 2.73. The third kappa shape index (κ3) is 6.14. The van der Waals surface area contributed by atoms with E-state index >= 15 is 4.79 Å². The molecule has 9 rings (SSSR count). The summed E-state index contributed by atoms with van der Waals surface area (Å²) in [5.74, 6) is 3.80. The summed E-state index contributed by atoms with van der Waals surface area (Å²) in [6.45, 7) is 17.1. The molecule has 1 N–H and O–H groups in total. The van der Waals surface area contributed by atoms with Crippen molar-refractivity contribution in [1.82, 2.24) is 15.0 Å². The smallest absolute Gasteiger partial charge is 0.306 e. The van der Waals surface area contributed by atoms with Gasteiger partial charge in [-0.2, -0.15) is 4.98 Å². The molecule has 58 heavy (non-hydrogen) atoms. The predicted octanol–water partition coefficient (Wildman–Crippen LogP) is 10.7. The van der Waals surface area contributed by atoms with Crippen molar-refractivity contribution in [2.24, 2.45) is 68.0 Å². The first kappa shape index (κ1) is 40.2. The number of carbonyl (C=O) groups is 3. The summed E-state index contributed by atoms with van der Waals surface area (Å²) < 4.78 is 12.3. The van der Waals surface area contributed by atoms with E-state index in [1.54, 1.807) is 0 Å². The van der Waals surface area contributed by atoms with Crippen molar-refractivity contribution in [1.29, 1.82) is 0 Å². The molecule has 1 saturated heterocycles. The Morgan fingerprint density at radius 3 is 2.33 bits per heavy atom. The van der Waals surface area contributed by atoms with Gasteiger partial charge in [-0.3, -0.25) is 14.4 Å². The number of hydrogen-bond donors (Lipinski definition) is 1. The lowest BCUT2D eigenvalue weighted by molar-refractivity contribution is -0.251. The molecular weight excluding hydrogens is 727 g/mol. The third-order valence-corrected chi connectivity index (χ3v) is 18.9. The Bertz CT molecular complexity index is 1920. The van der Waals surface area contributed by atoms with Crippen LogP contribution < -0.4 is 0 Å². The Morgan fingerprint density at radius 2 is 1.60 bits per heavy atom. The summed E-state index contributed by atoms with van der Waals surface area (Å²) >= 11 is 0. The fraction of sp³-hybridized carbons (Fsp3) is 0.776. The molecule has 1 amide bonds. The zero-order valence-corrected chi connectivity index (χ0v) is 36.4. The van der Waals surface area contributed by atoms with Crippen LogP contribution in [0.25, 0.3) is 11.4 Å². The predicted molar refractivity (Wildman–Crippen MR) is 221 cm³/mol. The Morgan fingerprint density at radius 1 is 0.845 bits per heavy atom. The molecule has 0 bridgehead atoms. The van der Waals surface area contributed by atoms with Gasteiger partial charge in [-0.15, -0.1) is 0 Å². The van der Waals surface area contributed by atoms with Crippen LogP contribution in [0.4, 0.5) is 0 Å². The number of fused-ring (bicyclic) bond motifs is 7. The van der Waals surface area contributed by atoms with Crippen LogP contribution in [-0.4, -0.2) is 50.6 Å². The number of nitrogens with zero attached hydrogens (tertiary/aromatic N) is 3. The molecule has 1 aromatic heterocycles. The summed E-state index contributed by atoms with van der Waals surface area (Å²) in [6.07, 6.45) is 15.3. The van der Waals surface area contributed by atoms with Crippen molar-refractivity contribution in [3.8, 4) is 11.4 Å². The van der Waals surface area contributed by atoms with Gasteiger partial charge in [0, 0.05) is 17.5 Å². The number of ether oxygens (including phenoxy) is 1. The highest BCUT2D eigenvalue weighted by atomic mass is 16.5. The molecule has 1 aromatic carbocycles. The maximum absolute atomic E-state index is 15.5. The van der Waals surface area contributed by atoms with Crippen LogP contribution >= 0.6 is 0 Å². The molecule has 0 radical (unpaired) electrons. The van der Waals surface area contributed by atoms with E-state index in [2.05, 4.69) is 44.7 Å². The average molecular weight is 796 g/mol. The molecule has 6 saturated carbocycles. The Balaban J connectivity index is 0.967. The molecule has 2 aromatic rings. The van der Waals surface area contributed by atoms with Gasteiger partial charge in [0.2, 0.25) is 17.6 Å². The van der Waals surface area contributed by atoms with Crippen molar-refractivity contribution in [2.45, 2.75) is 163 Å².